The van der Waals surface area contributed by atoms with E-state index >= 15 is 0 Å². The van der Waals surface area contributed by atoms with Crippen LogP contribution in [-0.2, 0) is 0 Å². The third-order valence-corrected chi connectivity index (χ3v) is 8.52. The molecule has 0 N–H and O–H groups in total. The zero-order valence-electron chi connectivity index (χ0n) is 8.33. The summed E-state index contributed by atoms with van der Waals surface area (Å²) in [6, 6.07) is 2.52. The maximum Gasteiger partial charge on any atom is 0.106 e. The minimum Gasteiger partial charge on any atom is -0.104 e. The molecule has 0 radical (unpaired) electrons. The third-order valence-electron chi connectivity index (χ3n) is 2.84. The summed E-state index contributed by atoms with van der Waals surface area (Å²) in [7, 11) is -1.29. The normalized spacial score (nSPS) is 11.3. The van der Waals surface area contributed by atoms with Gasteiger partial charge in [-0.05, 0) is 13.8 Å². The summed E-state index contributed by atoms with van der Waals surface area (Å²) in [4.78, 5) is 0. The van der Waals surface area contributed by atoms with Gasteiger partial charge in [0.15, 0.2) is 0 Å². The Kier molecular flexibility index (Phi) is 3.80. The van der Waals surface area contributed by atoms with Crippen molar-refractivity contribution in [2.75, 3.05) is 0 Å². The van der Waals surface area contributed by atoms with Crippen molar-refractivity contribution in [2.24, 2.45) is 0 Å². The second kappa shape index (κ2) is 3.91. The summed E-state index contributed by atoms with van der Waals surface area (Å²) in [5.41, 5.74) is 0. The second-order valence-corrected chi connectivity index (χ2v) is 8.64. The fourth-order valence-corrected chi connectivity index (χ4v) is 5.46. The van der Waals surface area contributed by atoms with Gasteiger partial charge in [-0.15, -0.1) is 13.2 Å². The molecule has 0 aliphatic heterocycles. The summed E-state index contributed by atoms with van der Waals surface area (Å²) in [5, 5.41) is 2.77. The van der Waals surface area contributed by atoms with Crippen LogP contribution in [0.3, 0.4) is 0 Å². The van der Waals surface area contributed by atoms with Gasteiger partial charge in [-0.2, -0.15) is 0 Å². The van der Waals surface area contributed by atoms with Crippen molar-refractivity contribution in [1.82, 2.24) is 0 Å². The van der Waals surface area contributed by atoms with Crippen LogP contribution in [0.1, 0.15) is 27.7 Å². The molecule has 0 amide bonds. The predicted octanol–water partition coefficient (Wildman–Crippen LogP) is 3.71. The highest BCUT2D eigenvalue weighted by Gasteiger charge is 2.30. The lowest BCUT2D eigenvalue weighted by molar-refractivity contribution is 1.23. The quantitative estimate of drug-likeness (QED) is 0.561. The predicted molar refractivity (Wildman–Crippen MR) is 56.3 cm³/mol. The maximum absolute atomic E-state index is 4.09. The smallest absolute Gasteiger partial charge is 0.104 e. The van der Waals surface area contributed by atoms with E-state index in [1.807, 2.05) is 0 Å². The van der Waals surface area contributed by atoms with Gasteiger partial charge >= 0.3 is 0 Å². The standard InChI is InChI=1S/C10H20Si/c1-7-11(8-2,9(3)4)10(5)6/h3,5,7-8H2,1-2,4,6H3. The van der Waals surface area contributed by atoms with E-state index < -0.39 is 8.07 Å². The second-order valence-electron chi connectivity index (χ2n) is 3.35. The van der Waals surface area contributed by atoms with Gasteiger partial charge in [-0.1, -0.05) is 36.3 Å². The molecule has 0 saturated heterocycles. The van der Waals surface area contributed by atoms with Crippen molar-refractivity contribution >= 4 is 8.07 Å². The number of hydrogen-bond donors (Lipinski definition) is 0. The molecular formula is C10H20Si. The van der Waals surface area contributed by atoms with E-state index in [1.165, 1.54) is 22.5 Å². The molecule has 0 aromatic carbocycles. The van der Waals surface area contributed by atoms with E-state index in [4.69, 9.17) is 0 Å². The molecule has 0 fully saturated rings. The van der Waals surface area contributed by atoms with E-state index in [1.54, 1.807) is 0 Å². The molecular weight excluding hydrogens is 148 g/mol. The molecule has 0 rings (SSSR count). The highest BCUT2D eigenvalue weighted by atomic mass is 28.3. The van der Waals surface area contributed by atoms with Crippen LogP contribution in [0.5, 0.6) is 0 Å². The van der Waals surface area contributed by atoms with Crippen LogP contribution in [-0.4, -0.2) is 8.07 Å². The van der Waals surface area contributed by atoms with Crippen LogP contribution in [0, 0.1) is 0 Å². The SMILES string of the molecule is C=C(C)[Si](CC)(CC)C(=C)C. The summed E-state index contributed by atoms with van der Waals surface area (Å²) < 4.78 is 0. The van der Waals surface area contributed by atoms with Gasteiger partial charge in [0.25, 0.3) is 0 Å². The Labute approximate surface area is 72.0 Å². The minimum atomic E-state index is -1.29. The van der Waals surface area contributed by atoms with Crippen LogP contribution in [0.15, 0.2) is 23.6 Å². The fourth-order valence-electron chi connectivity index (χ4n) is 1.82. The zero-order valence-corrected chi connectivity index (χ0v) is 9.33. The van der Waals surface area contributed by atoms with Gasteiger partial charge < -0.3 is 0 Å². The first-order chi connectivity index (χ1) is 5.01. The van der Waals surface area contributed by atoms with Crippen molar-refractivity contribution in [3.8, 4) is 0 Å². The largest absolute Gasteiger partial charge is 0.106 e. The van der Waals surface area contributed by atoms with Crippen molar-refractivity contribution in [2.45, 2.75) is 39.8 Å². The Morgan fingerprint density at radius 1 is 1.00 bits per heavy atom. The first-order valence-corrected chi connectivity index (χ1v) is 6.74. The summed E-state index contributed by atoms with van der Waals surface area (Å²) in [5.74, 6) is 0. The monoisotopic (exact) mass is 168 g/mol. The fraction of sp³-hybridized carbons (Fsp3) is 0.600. The Morgan fingerprint density at radius 2 is 1.27 bits per heavy atom. The van der Waals surface area contributed by atoms with Gasteiger partial charge in [0.05, 0.1) is 0 Å². The van der Waals surface area contributed by atoms with Gasteiger partial charge in [0, 0.05) is 0 Å². The van der Waals surface area contributed by atoms with Crippen LogP contribution >= 0.6 is 0 Å². The third kappa shape index (κ3) is 1.83. The zero-order chi connectivity index (χ0) is 9.07. The van der Waals surface area contributed by atoms with Crippen LogP contribution in [0.25, 0.3) is 0 Å². The highest BCUT2D eigenvalue weighted by molar-refractivity contribution is 6.92. The first-order valence-electron chi connectivity index (χ1n) is 4.33. The number of hydrogen-bond acceptors (Lipinski definition) is 0. The van der Waals surface area contributed by atoms with Crippen molar-refractivity contribution in [3.63, 3.8) is 0 Å². The average Bonchev–Trinajstić information content (AvgIpc) is 1.90. The molecule has 0 spiro atoms. The first kappa shape index (κ1) is 10.7. The molecule has 0 aliphatic carbocycles. The Hall–Kier alpha value is -0.303. The minimum absolute atomic E-state index is 1.26. The molecule has 0 atom stereocenters. The van der Waals surface area contributed by atoms with Crippen molar-refractivity contribution < 1.29 is 0 Å². The van der Waals surface area contributed by atoms with E-state index in [9.17, 15) is 0 Å². The van der Waals surface area contributed by atoms with Crippen LogP contribution in [0.2, 0.25) is 12.1 Å². The Balaban J connectivity index is 4.76. The molecule has 0 aromatic heterocycles. The number of rotatable bonds is 4. The van der Waals surface area contributed by atoms with E-state index in [-0.39, 0.29) is 0 Å². The molecule has 64 valence electrons. The van der Waals surface area contributed by atoms with Crippen LogP contribution < -0.4 is 0 Å². The molecule has 1 heteroatoms. The average molecular weight is 168 g/mol. The van der Waals surface area contributed by atoms with Gasteiger partial charge in [0.1, 0.15) is 8.07 Å². The summed E-state index contributed by atoms with van der Waals surface area (Å²) in [6.45, 7) is 17.0. The van der Waals surface area contributed by atoms with Gasteiger partial charge in [-0.3, -0.25) is 0 Å². The molecule has 11 heavy (non-hydrogen) atoms. The van der Waals surface area contributed by atoms with Crippen LogP contribution in [0.4, 0.5) is 0 Å². The van der Waals surface area contributed by atoms with Gasteiger partial charge in [0.2, 0.25) is 0 Å². The molecule has 0 aliphatic rings. The molecule has 0 aromatic rings. The lowest BCUT2D eigenvalue weighted by Gasteiger charge is -2.30. The van der Waals surface area contributed by atoms with E-state index in [0.29, 0.717) is 0 Å². The number of allylic oxidation sites excluding steroid dienone is 2. The molecule has 0 heterocycles. The maximum atomic E-state index is 4.09. The molecule has 0 bridgehead atoms. The topological polar surface area (TPSA) is 0 Å². The van der Waals surface area contributed by atoms with Gasteiger partial charge in [-0.25, -0.2) is 0 Å². The Bertz CT molecular complexity index is 148. The lowest BCUT2D eigenvalue weighted by atomic mass is 10.7. The summed E-state index contributed by atoms with van der Waals surface area (Å²) >= 11 is 0. The molecule has 0 saturated carbocycles. The summed E-state index contributed by atoms with van der Waals surface area (Å²) in [6.07, 6.45) is 0. The van der Waals surface area contributed by atoms with Crippen molar-refractivity contribution in [1.29, 1.82) is 0 Å². The molecule has 0 unspecified atom stereocenters. The van der Waals surface area contributed by atoms with E-state index in [0.717, 1.165) is 0 Å². The molecule has 0 nitrogen and oxygen atoms in total. The van der Waals surface area contributed by atoms with Crippen molar-refractivity contribution in [3.05, 3.63) is 23.6 Å². The Morgan fingerprint density at radius 3 is 1.27 bits per heavy atom. The highest BCUT2D eigenvalue weighted by Crippen LogP contribution is 2.29. The lowest BCUT2D eigenvalue weighted by Crippen LogP contribution is -2.35. The van der Waals surface area contributed by atoms with E-state index in [2.05, 4.69) is 40.9 Å².